The first-order valence-corrected chi connectivity index (χ1v) is 19.1. The lowest BCUT2D eigenvalue weighted by molar-refractivity contribution is 0.436. The summed E-state index contributed by atoms with van der Waals surface area (Å²) in [6.07, 6.45) is 0. The smallest absolute Gasteiger partial charge is 0.160 e. The van der Waals surface area contributed by atoms with E-state index in [-0.39, 0.29) is 0 Å². The maximum atomic E-state index is 6.68. The number of ether oxygens (including phenoxy) is 1. The van der Waals surface area contributed by atoms with Crippen molar-refractivity contribution in [1.29, 1.82) is 0 Å². The van der Waals surface area contributed by atoms with Crippen molar-refractivity contribution < 1.29 is 4.74 Å². The molecule has 1 aromatic heterocycles. The third kappa shape index (κ3) is 4.98. The average Bonchev–Trinajstić information content (AvgIpc) is 3.57. The van der Waals surface area contributed by atoms with E-state index in [0.29, 0.717) is 5.82 Å². The number of aromatic nitrogens is 2. The lowest BCUT2D eigenvalue weighted by Gasteiger charge is -2.39. The maximum absolute atomic E-state index is 6.68. The summed E-state index contributed by atoms with van der Waals surface area (Å²) in [5.41, 5.74) is 16.3. The molecule has 0 fully saturated rings. The molecular weight excluding hydrogens is 681 g/mol. The number of hydrogen-bond donors (Lipinski definition) is 0. The van der Waals surface area contributed by atoms with Gasteiger partial charge in [0.05, 0.1) is 16.8 Å². The fraction of sp³-hybridized carbons (Fsp3) is 0.0189. The van der Waals surface area contributed by atoms with Gasteiger partial charge >= 0.3 is 0 Å². The van der Waals surface area contributed by atoms with Gasteiger partial charge in [-0.3, -0.25) is 0 Å². The van der Waals surface area contributed by atoms with E-state index in [0.717, 1.165) is 67.4 Å². The zero-order valence-electron chi connectivity index (χ0n) is 30.4. The Morgan fingerprint density at radius 1 is 0.304 bits per heavy atom. The molecule has 56 heavy (non-hydrogen) atoms. The summed E-state index contributed by atoms with van der Waals surface area (Å²) in [6, 6.07) is 73.0. The lowest BCUT2D eigenvalue weighted by Crippen LogP contribution is -2.32. The van der Waals surface area contributed by atoms with Crippen molar-refractivity contribution in [1.82, 2.24) is 9.97 Å². The van der Waals surface area contributed by atoms with Gasteiger partial charge in [-0.1, -0.05) is 182 Å². The molecular formula is C53H34N2O. The molecule has 2 aliphatic rings. The van der Waals surface area contributed by atoms with Gasteiger partial charge in [0.2, 0.25) is 0 Å². The number of nitrogens with zero attached hydrogens (tertiary/aromatic N) is 2. The van der Waals surface area contributed by atoms with Crippen LogP contribution in [0.5, 0.6) is 11.5 Å². The van der Waals surface area contributed by atoms with Crippen molar-refractivity contribution in [2.75, 3.05) is 0 Å². The molecule has 262 valence electrons. The Morgan fingerprint density at radius 2 is 0.804 bits per heavy atom. The summed E-state index contributed by atoms with van der Waals surface area (Å²) in [7, 11) is 0. The summed E-state index contributed by atoms with van der Waals surface area (Å²) < 4.78 is 6.68. The first-order chi connectivity index (χ1) is 27.8. The van der Waals surface area contributed by atoms with Crippen molar-refractivity contribution in [3.05, 3.63) is 229 Å². The molecule has 1 spiro atoms. The molecule has 1 aliphatic carbocycles. The summed E-state index contributed by atoms with van der Waals surface area (Å²) in [4.78, 5) is 10.3. The second kappa shape index (κ2) is 12.9. The van der Waals surface area contributed by atoms with Gasteiger partial charge in [-0.25, -0.2) is 9.97 Å². The van der Waals surface area contributed by atoms with E-state index in [9.17, 15) is 0 Å². The van der Waals surface area contributed by atoms with E-state index in [2.05, 4.69) is 182 Å². The first kappa shape index (κ1) is 32.1. The normalized spacial score (nSPS) is 12.9. The van der Waals surface area contributed by atoms with Gasteiger partial charge in [-0.05, 0) is 68.8 Å². The van der Waals surface area contributed by atoms with Crippen LogP contribution in [0.25, 0.3) is 67.3 Å². The van der Waals surface area contributed by atoms with Crippen LogP contribution < -0.4 is 4.74 Å². The molecule has 0 atom stereocenters. The van der Waals surface area contributed by atoms with Gasteiger partial charge in [0.15, 0.2) is 5.82 Å². The third-order valence-electron chi connectivity index (χ3n) is 11.4. The van der Waals surface area contributed by atoms with Crippen molar-refractivity contribution in [3.8, 4) is 78.8 Å². The van der Waals surface area contributed by atoms with Crippen molar-refractivity contribution in [3.63, 3.8) is 0 Å². The topological polar surface area (TPSA) is 35.0 Å². The predicted molar refractivity (Wildman–Crippen MR) is 227 cm³/mol. The van der Waals surface area contributed by atoms with Crippen LogP contribution in [0.4, 0.5) is 0 Å². The van der Waals surface area contributed by atoms with Gasteiger partial charge in [-0.15, -0.1) is 0 Å². The van der Waals surface area contributed by atoms with Gasteiger partial charge in [0.25, 0.3) is 0 Å². The lowest BCUT2D eigenvalue weighted by atomic mass is 9.66. The second-order valence-corrected chi connectivity index (χ2v) is 14.5. The summed E-state index contributed by atoms with van der Waals surface area (Å²) >= 11 is 0. The van der Waals surface area contributed by atoms with E-state index >= 15 is 0 Å². The van der Waals surface area contributed by atoms with Crippen LogP contribution >= 0.6 is 0 Å². The quantitative estimate of drug-likeness (QED) is 0.178. The highest BCUT2D eigenvalue weighted by molar-refractivity contribution is 5.89. The molecule has 0 radical (unpaired) electrons. The molecule has 0 saturated heterocycles. The average molecular weight is 715 g/mol. The minimum Gasteiger partial charge on any atom is -0.457 e. The van der Waals surface area contributed by atoms with E-state index < -0.39 is 5.41 Å². The van der Waals surface area contributed by atoms with Crippen LogP contribution in [0.2, 0.25) is 0 Å². The minimum atomic E-state index is -0.505. The molecule has 9 aromatic rings. The second-order valence-electron chi connectivity index (χ2n) is 14.5. The zero-order chi connectivity index (χ0) is 37.1. The Bertz CT molecular complexity index is 2890. The molecule has 3 heteroatoms. The Balaban J connectivity index is 1.04. The number of hydrogen-bond acceptors (Lipinski definition) is 3. The Labute approximate surface area is 326 Å². The number of benzene rings is 8. The van der Waals surface area contributed by atoms with Crippen molar-refractivity contribution in [2.45, 2.75) is 5.41 Å². The highest BCUT2D eigenvalue weighted by Crippen LogP contribution is 2.62. The summed E-state index contributed by atoms with van der Waals surface area (Å²) in [6.45, 7) is 0. The SMILES string of the molecule is c1ccc(-c2nc(-c3ccc(-c4ccc5c(c4)C4(c6ccccc6O5)c5ccccc5-c5ccccc54)cc3)cc(-c3ccccc3-c3ccccc3)n2)cc1. The van der Waals surface area contributed by atoms with E-state index in [1.165, 1.54) is 27.8 Å². The van der Waals surface area contributed by atoms with Crippen molar-refractivity contribution >= 4 is 0 Å². The molecule has 2 heterocycles. The number of fused-ring (bicyclic) bond motifs is 9. The summed E-state index contributed by atoms with van der Waals surface area (Å²) in [5, 5.41) is 0. The van der Waals surface area contributed by atoms with Gasteiger partial charge in [0.1, 0.15) is 11.5 Å². The first-order valence-electron chi connectivity index (χ1n) is 19.1. The van der Waals surface area contributed by atoms with Crippen LogP contribution in [0.15, 0.2) is 206 Å². The highest BCUT2D eigenvalue weighted by Gasteiger charge is 2.51. The molecule has 0 saturated carbocycles. The Kier molecular flexibility index (Phi) is 7.39. The fourth-order valence-corrected chi connectivity index (χ4v) is 8.89. The van der Waals surface area contributed by atoms with Gasteiger partial charge < -0.3 is 4.74 Å². The van der Waals surface area contributed by atoms with Crippen LogP contribution in [0, 0.1) is 0 Å². The molecule has 1 aliphatic heterocycles. The third-order valence-corrected chi connectivity index (χ3v) is 11.4. The fourth-order valence-electron chi connectivity index (χ4n) is 8.89. The van der Waals surface area contributed by atoms with Gasteiger partial charge in [-0.2, -0.15) is 0 Å². The standard InChI is InChI=1S/C53H34N2O/c1-3-15-36(16-4-1)40-19-7-8-22-43(40)49-34-48(54-52(55-49)38-17-5-2-6-18-38)37-29-27-35(28-30-37)39-31-32-51-47(33-39)53(46-25-13-14-26-50(46)56-51)44-23-11-9-20-41(44)42-21-10-12-24-45(42)53/h1-34H. The van der Waals surface area contributed by atoms with E-state index in [4.69, 9.17) is 14.7 Å². The number of para-hydroxylation sites is 1. The number of rotatable bonds is 5. The molecule has 8 aromatic carbocycles. The van der Waals surface area contributed by atoms with Crippen LogP contribution in [-0.4, -0.2) is 9.97 Å². The summed E-state index contributed by atoms with van der Waals surface area (Å²) in [5.74, 6) is 2.48. The minimum absolute atomic E-state index is 0.505. The Hall–Kier alpha value is -7.36. The Morgan fingerprint density at radius 3 is 1.50 bits per heavy atom. The van der Waals surface area contributed by atoms with Gasteiger partial charge in [0, 0.05) is 27.8 Å². The molecule has 0 N–H and O–H groups in total. The van der Waals surface area contributed by atoms with Crippen LogP contribution in [0.1, 0.15) is 22.3 Å². The van der Waals surface area contributed by atoms with Crippen molar-refractivity contribution in [2.24, 2.45) is 0 Å². The molecule has 0 unspecified atom stereocenters. The highest BCUT2D eigenvalue weighted by atomic mass is 16.5. The molecule has 0 amide bonds. The predicted octanol–water partition coefficient (Wildman–Crippen LogP) is 13.3. The zero-order valence-corrected chi connectivity index (χ0v) is 30.4. The molecule has 3 nitrogen and oxygen atoms in total. The van der Waals surface area contributed by atoms with Crippen LogP contribution in [-0.2, 0) is 5.41 Å². The van der Waals surface area contributed by atoms with E-state index in [1.54, 1.807) is 0 Å². The van der Waals surface area contributed by atoms with E-state index in [1.807, 2.05) is 24.3 Å². The molecule has 11 rings (SSSR count). The monoisotopic (exact) mass is 714 g/mol. The maximum Gasteiger partial charge on any atom is 0.160 e. The molecule has 0 bridgehead atoms. The van der Waals surface area contributed by atoms with Crippen LogP contribution in [0.3, 0.4) is 0 Å². The largest absolute Gasteiger partial charge is 0.457 e.